The van der Waals surface area contributed by atoms with Crippen LogP contribution in [-0.4, -0.2) is 5.11 Å². The zero-order chi connectivity index (χ0) is 14.0. The number of hydrogen-bond donors (Lipinski definition) is 1. The Bertz CT molecular complexity index is 596. The minimum absolute atomic E-state index is 0.469. The number of hydrogen-bond acceptors (Lipinski definition) is 1. The van der Waals surface area contributed by atoms with Crippen LogP contribution in [0, 0.1) is 6.92 Å². The van der Waals surface area contributed by atoms with Crippen molar-refractivity contribution in [2.24, 2.45) is 0 Å². The second-order valence-corrected chi connectivity index (χ2v) is 5.70. The quantitative estimate of drug-likeness (QED) is 0.822. The fourth-order valence-corrected chi connectivity index (χ4v) is 2.33. The number of aliphatic hydroxyl groups excluding tert-OH is 1. The Kier molecular flexibility index (Phi) is 4.75. The summed E-state index contributed by atoms with van der Waals surface area (Å²) in [5, 5.41) is 11.9. The Labute approximate surface area is 127 Å². The van der Waals surface area contributed by atoms with E-state index >= 15 is 0 Å². The molecule has 0 radical (unpaired) electrons. The Morgan fingerprint density at radius 1 is 0.947 bits per heavy atom. The molecule has 0 aliphatic rings. The van der Waals surface area contributed by atoms with Gasteiger partial charge in [0.1, 0.15) is 0 Å². The molecule has 0 spiro atoms. The molecular formula is C15H13Cl3O. The minimum Gasteiger partial charge on any atom is -0.388 e. The first kappa shape index (κ1) is 14.7. The molecule has 0 saturated heterocycles. The second-order valence-electron chi connectivity index (χ2n) is 4.48. The maximum absolute atomic E-state index is 10.2. The van der Waals surface area contributed by atoms with E-state index in [1.807, 2.05) is 25.1 Å². The largest absolute Gasteiger partial charge is 0.388 e. The number of halogens is 3. The van der Waals surface area contributed by atoms with Gasteiger partial charge in [-0.2, -0.15) is 0 Å². The van der Waals surface area contributed by atoms with Crippen LogP contribution in [0.2, 0.25) is 15.1 Å². The summed E-state index contributed by atoms with van der Waals surface area (Å²) >= 11 is 17.9. The van der Waals surface area contributed by atoms with Crippen LogP contribution in [-0.2, 0) is 6.42 Å². The molecule has 2 rings (SSSR count). The van der Waals surface area contributed by atoms with E-state index < -0.39 is 6.10 Å². The van der Waals surface area contributed by atoms with Crippen LogP contribution in [0.15, 0.2) is 36.4 Å². The highest BCUT2D eigenvalue weighted by molar-refractivity contribution is 6.42. The van der Waals surface area contributed by atoms with E-state index in [9.17, 15) is 5.11 Å². The van der Waals surface area contributed by atoms with Crippen molar-refractivity contribution >= 4 is 34.8 Å². The van der Waals surface area contributed by atoms with Crippen LogP contribution in [0.25, 0.3) is 0 Å². The Morgan fingerprint density at radius 2 is 1.68 bits per heavy atom. The molecule has 0 saturated carbocycles. The Balaban J connectivity index is 2.17. The summed E-state index contributed by atoms with van der Waals surface area (Å²) in [5.74, 6) is 0. The fraction of sp³-hybridized carbons (Fsp3) is 0.200. The molecule has 0 amide bonds. The number of aryl methyl sites for hydroxylation is 1. The van der Waals surface area contributed by atoms with Gasteiger partial charge in [-0.1, -0.05) is 53.0 Å². The predicted molar refractivity (Wildman–Crippen MR) is 81.3 cm³/mol. The van der Waals surface area contributed by atoms with Gasteiger partial charge < -0.3 is 5.11 Å². The first-order chi connectivity index (χ1) is 8.97. The maximum atomic E-state index is 10.2. The third-order valence-electron chi connectivity index (χ3n) is 2.99. The van der Waals surface area contributed by atoms with Gasteiger partial charge >= 0.3 is 0 Å². The summed E-state index contributed by atoms with van der Waals surface area (Å²) in [6.07, 6.45) is -0.147. The summed E-state index contributed by atoms with van der Waals surface area (Å²) < 4.78 is 0. The molecule has 19 heavy (non-hydrogen) atoms. The molecule has 4 heteroatoms. The van der Waals surface area contributed by atoms with Crippen molar-refractivity contribution in [2.75, 3.05) is 0 Å². The highest BCUT2D eigenvalue weighted by Crippen LogP contribution is 2.27. The zero-order valence-electron chi connectivity index (χ0n) is 10.3. The van der Waals surface area contributed by atoms with E-state index in [0.717, 1.165) is 16.7 Å². The van der Waals surface area contributed by atoms with E-state index in [4.69, 9.17) is 34.8 Å². The standard InChI is InChI=1S/C15H13Cl3O/c1-9-2-4-11(8-13(9)17)15(19)7-10-3-5-12(16)14(18)6-10/h2-6,8,15,19H,7H2,1H3. The van der Waals surface area contributed by atoms with Gasteiger partial charge in [-0.15, -0.1) is 0 Å². The fourth-order valence-electron chi connectivity index (χ4n) is 1.82. The van der Waals surface area contributed by atoms with Gasteiger partial charge in [0.2, 0.25) is 0 Å². The molecule has 0 heterocycles. The van der Waals surface area contributed by atoms with Gasteiger partial charge in [0.15, 0.2) is 0 Å². The smallest absolute Gasteiger partial charge is 0.0830 e. The average molecular weight is 316 g/mol. The summed E-state index contributed by atoms with van der Waals surface area (Å²) in [7, 11) is 0. The molecule has 0 aromatic heterocycles. The van der Waals surface area contributed by atoms with Crippen LogP contribution in [0.3, 0.4) is 0 Å². The Hall–Kier alpha value is -0.730. The lowest BCUT2D eigenvalue weighted by Crippen LogP contribution is -2.02. The molecule has 0 aliphatic heterocycles. The monoisotopic (exact) mass is 314 g/mol. The Morgan fingerprint density at radius 3 is 2.32 bits per heavy atom. The lowest BCUT2D eigenvalue weighted by atomic mass is 10.0. The molecule has 1 N–H and O–H groups in total. The van der Waals surface area contributed by atoms with Gasteiger partial charge in [-0.3, -0.25) is 0 Å². The summed E-state index contributed by atoms with van der Waals surface area (Å²) in [6.45, 7) is 1.93. The molecule has 2 aromatic rings. The molecule has 0 aliphatic carbocycles. The van der Waals surface area contributed by atoms with E-state index in [0.29, 0.717) is 21.5 Å². The molecular weight excluding hydrogens is 303 g/mol. The van der Waals surface area contributed by atoms with Gasteiger partial charge in [-0.05, 0) is 41.8 Å². The van der Waals surface area contributed by atoms with Crippen LogP contribution < -0.4 is 0 Å². The maximum Gasteiger partial charge on any atom is 0.0830 e. The second kappa shape index (κ2) is 6.15. The lowest BCUT2D eigenvalue weighted by molar-refractivity contribution is 0.178. The third kappa shape index (κ3) is 3.64. The van der Waals surface area contributed by atoms with Gasteiger partial charge in [-0.25, -0.2) is 0 Å². The minimum atomic E-state index is -0.615. The van der Waals surface area contributed by atoms with E-state index in [2.05, 4.69) is 0 Å². The van der Waals surface area contributed by atoms with E-state index in [-0.39, 0.29) is 0 Å². The van der Waals surface area contributed by atoms with E-state index in [1.165, 1.54) is 0 Å². The van der Waals surface area contributed by atoms with Crippen LogP contribution in [0.5, 0.6) is 0 Å². The van der Waals surface area contributed by atoms with Crippen LogP contribution in [0.4, 0.5) is 0 Å². The van der Waals surface area contributed by atoms with Crippen molar-refractivity contribution in [3.63, 3.8) is 0 Å². The molecule has 2 aromatic carbocycles. The third-order valence-corrected chi connectivity index (χ3v) is 4.14. The number of benzene rings is 2. The van der Waals surface area contributed by atoms with Crippen molar-refractivity contribution in [3.8, 4) is 0 Å². The van der Waals surface area contributed by atoms with Gasteiger partial charge in [0.05, 0.1) is 16.1 Å². The topological polar surface area (TPSA) is 20.2 Å². The van der Waals surface area contributed by atoms with Crippen molar-refractivity contribution in [2.45, 2.75) is 19.4 Å². The molecule has 0 bridgehead atoms. The van der Waals surface area contributed by atoms with Crippen molar-refractivity contribution < 1.29 is 5.11 Å². The highest BCUT2D eigenvalue weighted by atomic mass is 35.5. The van der Waals surface area contributed by atoms with Crippen LogP contribution in [0.1, 0.15) is 22.8 Å². The molecule has 1 unspecified atom stereocenters. The normalized spacial score (nSPS) is 12.5. The van der Waals surface area contributed by atoms with E-state index in [1.54, 1.807) is 18.2 Å². The SMILES string of the molecule is Cc1ccc(C(O)Cc2ccc(Cl)c(Cl)c2)cc1Cl. The zero-order valence-corrected chi connectivity index (χ0v) is 12.6. The van der Waals surface area contributed by atoms with Crippen LogP contribution >= 0.6 is 34.8 Å². The molecule has 0 fully saturated rings. The van der Waals surface area contributed by atoms with Crippen molar-refractivity contribution in [1.82, 2.24) is 0 Å². The van der Waals surface area contributed by atoms with Gasteiger partial charge in [0.25, 0.3) is 0 Å². The highest BCUT2D eigenvalue weighted by Gasteiger charge is 2.11. The summed E-state index contributed by atoms with van der Waals surface area (Å²) in [6, 6.07) is 10.9. The molecule has 1 nitrogen and oxygen atoms in total. The van der Waals surface area contributed by atoms with Crippen molar-refractivity contribution in [3.05, 3.63) is 68.2 Å². The predicted octanol–water partition coefficient (Wildman–Crippen LogP) is 5.23. The first-order valence-corrected chi connectivity index (χ1v) is 6.99. The molecule has 100 valence electrons. The lowest BCUT2D eigenvalue weighted by Gasteiger charge is -2.13. The van der Waals surface area contributed by atoms with Gasteiger partial charge in [0, 0.05) is 11.4 Å². The number of rotatable bonds is 3. The average Bonchev–Trinajstić information content (AvgIpc) is 2.37. The summed E-state index contributed by atoms with van der Waals surface area (Å²) in [5.41, 5.74) is 2.72. The summed E-state index contributed by atoms with van der Waals surface area (Å²) in [4.78, 5) is 0. The number of aliphatic hydroxyl groups is 1. The van der Waals surface area contributed by atoms with Crippen molar-refractivity contribution in [1.29, 1.82) is 0 Å². The first-order valence-electron chi connectivity index (χ1n) is 5.85. The molecule has 1 atom stereocenters.